The number of anilines is 1. The summed E-state index contributed by atoms with van der Waals surface area (Å²) in [4.78, 5) is 16.0. The van der Waals surface area contributed by atoms with Crippen molar-refractivity contribution in [3.05, 3.63) is 23.8 Å². The first-order chi connectivity index (χ1) is 8.70. The Labute approximate surface area is 109 Å². The van der Waals surface area contributed by atoms with Crippen LogP contribution < -0.4 is 10.6 Å². The van der Waals surface area contributed by atoms with Gasteiger partial charge >= 0.3 is 0 Å². The number of thiazole rings is 1. The second-order valence-electron chi connectivity index (χ2n) is 4.69. The van der Waals surface area contributed by atoms with E-state index in [0.29, 0.717) is 12.6 Å². The minimum Gasteiger partial charge on any atom is -0.352 e. The van der Waals surface area contributed by atoms with Crippen LogP contribution in [0.15, 0.2) is 18.2 Å². The number of fused-ring (bicyclic) bond motifs is 1. The highest BCUT2D eigenvalue weighted by Gasteiger charge is 2.22. The lowest BCUT2D eigenvalue weighted by Gasteiger charge is -2.03. The molecule has 0 aliphatic heterocycles. The van der Waals surface area contributed by atoms with Gasteiger partial charge < -0.3 is 10.6 Å². The lowest BCUT2D eigenvalue weighted by atomic mass is 10.2. The van der Waals surface area contributed by atoms with Crippen LogP contribution in [-0.4, -0.2) is 23.5 Å². The molecule has 4 nitrogen and oxygen atoms in total. The number of rotatable bonds is 4. The molecular formula is C13H15N3OS. The second-order valence-corrected chi connectivity index (χ2v) is 5.72. The van der Waals surface area contributed by atoms with Gasteiger partial charge in [0.1, 0.15) is 0 Å². The molecular weight excluding hydrogens is 246 g/mol. The Morgan fingerprint density at radius 1 is 1.50 bits per heavy atom. The molecule has 18 heavy (non-hydrogen) atoms. The van der Waals surface area contributed by atoms with Crippen LogP contribution in [0.1, 0.15) is 18.4 Å². The molecule has 1 fully saturated rings. The molecule has 2 N–H and O–H groups in total. The van der Waals surface area contributed by atoms with Crippen LogP contribution in [0.2, 0.25) is 0 Å². The maximum absolute atomic E-state index is 11.5. The van der Waals surface area contributed by atoms with E-state index < -0.39 is 0 Å². The Bertz CT molecular complexity index is 589. The maximum atomic E-state index is 11.5. The summed E-state index contributed by atoms with van der Waals surface area (Å²) in [6.07, 6.45) is 2.23. The Balaban J connectivity index is 1.64. The summed E-state index contributed by atoms with van der Waals surface area (Å²) in [5.41, 5.74) is 2.19. The normalized spacial score (nSPS) is 14.7. The van der Waals surface area contributed by atoms with E-state index in [0.717, 1.165) is 28.2 Å². The van der Waals surface area contributed by atoms with Crippen LogP contribution in [0.25, 0.3) is 10.2 Å². The van der Waals surface area contributed by atoms with Crippen LogP contribution in [-0.2, 0) is 4.79 Å². The van der Waals surface area contributed by atoms with E-state index in [2.05, 4.69) is 40.7 Å². The fraction of sp³-hybridized carbons (Fsp3) is 0.385. The predicted octanol–water partition coefficient (Wildman–Crippen LogP) is 2.30. The van der Waals surface area contributed by atoms with E-state index in [-0.39, 0.29) is 5.91 Å². The molecule has 0 bridgehead atoms. The van der Waals surface area contributed by atoms with Crippen molar-refractivity contribution in [2.75, 3.05) is 11.9 Å². The van der Waals surface area contributed by atoms with Gasteiger partial charge in [0.15, 0.2) is 5.13 Å². The fourth-order valence-electron chi connectivity index (χ4n) is 1.78. The minimum atomic E-state index is 0.0490. The largest absolute Gasteiger partial charge is 0.352 e. The number of hydrogen-bond donors (Lipinski definition) is 2. The van der Waals surface area contributed by atoms with Gasteiger partial charge in [-0.2, -0.15) is 0 Å². The van der Waals surface area contributed by atoms with E-state index in [1.807, 2.05) is 0 Å². The number of nitrogens with one attached hydrogen (secondary N) is 2. The molecule has 3 rings (SSSR count). The summed E-state index contributed by atoms with van der Waals surface area (Å²) in [5.74, 6) is 0.0490. The maximum Gasteiger partial charge on any atom is 0.239 e. The van der Waals surface area contributed by atoms with Crippen molar-refractivity contribution in [2.24, 2.45) is 0 Å². The zero-order valence-electron chi connectivity index (χ0n) is 10.2. The SMILES string of the molecule is Cc1ccc2sc(NCC(=O)NC3CC3)nc2c1. The van der Waals surface area contributed by atoms with Crippen molar-refractivity contribution in [3.8, 4) is 0 Å². The molecule has 94 valence electrons. The summed E-state index contributed by atoms with van der Waals surface area (Å²) in [7, 11) is 0. The molecule has 0 radical (unpaired) electrons. The third-order valence-corrected chi connectivity index (χ3v) is 3.88. The lowest BCUT2D eigenvalue weighted by molar-refractivity contribution is -0.119. The summed E-state index contributed by atoms with van der Waals surface area (Å²) in [6, 6.07) is 6.61. The van der Waals surface area contributed by atoms with E-state index in [4.69, 9.17) is 0 Å². The van der Waals surface area contributed by atoms with Crippen molar-refractivity contribution < 1.29 is 4.79 Å². The number of benzene rings is 1. The number of amides is 1. The second kappa shape index (κ2) is 4.57. The van der Waals surface area contributed by atoms with E-state index in [9.17, 15) is 4.79 Å². The van der Waals surface area contributed by atoms with Crippen LogP contribution >= 0.6 is 11.3 Å². The van der Waals surface area contributed by atoms with Gasteiger partial charge in [-0.3, -0.25) is 4.79 Å². The van der Waals surface area contributed by atoms with Gasteiger partial charge in [0.2, 0.25) is 5.91 Å². The first kappa shape index (κ1) is 11.5. The third-order valence-electron chi connectivity index (χ3n) is 2.89. The van der Waals surface area contributed by atoms with Gasteiger partial charge in [-0.1, -0.05) is 17.4 Å². The number of aromatic nitrogens is 1. The van der Waals surface area contributed by atoms with Crippen molar-refractivity contribution in [1.82, 2.24) is 10.3 Å². The topological polar surface area (TPSA) is 54.0 Å². The quantitative estimate of drug-likeness (QED) is 0.888. The average molecular weight is 261 g/mol. The summed E-state index contributed by atoms with van der Waals surface area (Å²) in [5, 5.41) is 6.83. The van der Waals surface area contributed by atoms with Crippen molar-refractivity contribution >= 4 is 32.6 Å². The molecule has 1 saturated carbocycles. The van der Waals surface area contributed by atoms with Crippen LogP contribution in [0, 0.1) is 6.92 Å². The van der Waals surface area contributed by atoms with E-state index in [1.165, 1.54) is 5.56 Å². The molecule has 1 aliphatic rings. The Kier molecular flexibility index (Phi) is 2.91. The Morgan fingerprint density at radius 2 is 2.33 bits per heavy atom. The van der Waals surface area contributed by atoms with Crippen LogP contribution in [0.5, 0.6) is 0 Å². The van der Waals surface area contributed by atoms with Gasteiger partial charge in [-0.15, -0.1) is 0 Å². The molecule has 0 spiro atoms. The van der Waals surface area contributed by atoms with Crippen molar-refractivity contribution in [3.63, 3.8) is 0 Å². The molecule has 1 heterocycles. The average Bonchev–Trinajstić information content (AvgIpc) is 3.04. The van der Waals surface area contributed by atoms with Gasteiger partial charge in [-0.25, -0.2) is 4.98 Å². The molecule has 0 saturated heterocycles. The number of aryl methyl sites for hydroxylation is 1. The fourth-order valence-corrected chi connectivity index (χ4v) is 2.62. The van der Waals surface area contributed by atoms with E-state index in [1.54, 1.807) is 11.3 Å². The van der Waals surface area contributed by atoms with Gasteiger partial charge in [0.25, 0.3) is 0 Å². The number of nitrogens with zero attached hydrogens (tertiary/aromatic N) is 1. The molecule has 1 aromatic carbocycles. The van der Waals surface area contributed by atoms with E-state index >= 15 is 0 Å². The minimum absolute atomic E-state index is 0.0490. The zero-order valence-corrected chi connectivity index (χ0v) is 11.0. The first-order valence-corrected chi connectivity index (χ1v) is 6.93. The molecule has 1 amide bonds. The standard InChI is InChI=1S/C13H15N3OS/c1-8-2-5-11-10(6-8)16-13(18-11)14-7-12(17)15-9-3-4-9/h2,5-6,9H,3-4,7H2,1H3,(H,14,16)(H,15,17). The highest BCUT2D eigenvalue weighted by molar-refractivity contribution is 7.22. The first-order valence-electron chi connectivity index (χ1n) is 6.11. The molecule has 0 unspecified atom stereocenters. The highest BCUT2D eigenvalue weighted by Crippen LogP contribution is 2.26. The van der Waals surface area contributed by atoms with Gasteiger partial charge in [-0.05, 0) is 37.5 Å². The molecule has 5 heteroatoms. The lowest BCUT2D eigenvalue weighted by Crippen LogP contribution is -2.31. The van der Waals surface area contributed by atoms with Crippen LogP contribution in [0.4, 0.5) is 5.13 Å². The predicted molar refractivity (Wildman–Crippen MR) is 74.0 cm³/mol. The van der Waals surface area contributed by atoms with Gasteiger partial charge in [0, 0.05) is 6.04 Å². The van der Waals surface area contributed by atoms with Crippen molar-refractivity contribution in [1.29, 1.82) is 0 Å². The molecule has 2 aromatic rings. The third kappa shape index (κ3) is 2.61. The Hall–Kier alpha value is -1.62. The number of carbonyl (C=O) groups excluding carboxylic acids is 1. The summed E-state index contributed by atoms with van der Waals surface area (Å²) in [6.45, 7) is 2.35. The van der Waals surface area contributed by atoms with Gasteiger partial charge in [0.05, 0.1) is 16.8 Å². The summed E-state index contributed by atoms with van der Waals surface area (Å²) >= 11 is 1.58. The molecule has 0 atom stereocenters. The zero-order chi connectivity index (χ0) is 12.5. The smallest absolute Gasteiger partial charge is 0.239 e. The molecule has 1 aromatic heterocycles. The highest BCUT2D eigenvalue weighted by atomic mass is 32.1. The Morgan fingerprint density at radius 3 is 3.11 bits per heavy atom. The van der Waals surface area contributed by atoms with Crippen LogP contribution in [0.3, 0.4) is 0 Å². The monoisotopic (exact) mass is 261 g/mol. The summed E-state index contributed by atoms with van der Waals surface area (Å²) < 4.78 is 1.14. The van der Waals surface area contributed by atoms with Crippen molar-refractivity contribution in [2.45, 2.75) is 25.8 Å². The number of carbonyl (C=O) groups is 1. The molecule has 1 aliphatic carbocycles. The number of hydrogen-bond acceptors (Lipinski definition) is 4.